The van der Waals surface area contributed by atoms with Gasteiger partial charge in [-0.25, -0.2) is 0 Å². The van der Waals surface area contributed by atoms with Gasteiger partial charge in [-0.1, -0.05) is 6.92 Å². The minimum absolute atomic E-state index is 0.103. The van der Waals surface area contributed by atoms with Crippen molar-refractivity contribution >= 4 is 17.8 Å². The summed E-state index contributed by atoms with van der Waals surface area (Å²) in [7, 11) is 0. The smallest absolute Gasteiger partial charge is 0.303 e. The maximum absolute atomic E-state index is 11.3. The highest BCUT2D eigenvalue weighted by Crippen LogP contribution is 2.08. The van der Waals surface area contributed by atoms with Crippen LogP contribution in [0.25, 0.3) is 0 Å². The van der Waals surface area contributed by atoms with Crippen LogP contribution in [-0.4, -0.2) is 36.0 Å². The van der Waals surface area contributed by atoms with Gasteiger partial charge in [-0.2, -0.15) is 0 Å². The molecule has 0 bridgehead atoms. The van der Waals surface area contributed by atoms with Crippen LogP contribution in [0, 0.1) is 5.92 Å². The lowest BCUT2D eigenvalue weighted by atomic mass is 10.0. The highest BCUT2D eigenvalue weighted by Gasteiger charge is 2.06. The molecule has 0 saturated carbocycles. The van der Waals surface area contributed by atoms with E-state index in [1.54, 1.807) is 0 Å². The van der Waals surface area contributed by atoms with Crippen molar-refractivity contribution in [3.05, 3.63) is 0 Å². The summed E-state index contributed by atoms with van der Waals surface area (Å²) in [5, 5.41) is 13.8. The maximum Gasteiger partial charge on any atom is 0.303 e. The molecule has 6 nitrogen and oxygen atoms in total. The zero-order valence-electron chi connectivity index (χ0n) is 11.0. The Morgan fingerprint density at radius 3 is 2.28 bits per heavy atom. The Morgan fingerprint density at radius 2 is 1.72 bits per heavy atom. The van der Waals surface area contributed by atoms with Crippen molar-refractivity contribution in [2.45, 2.75) is 39.5 Å². The Labute approximate surface area is 107 Å². The fourth-order valence-electron chi connectivity index (χ4n) is 1.41. The number of nitrogens with one attached hydrogen (secondary N) is 2. The van der Waals surface area contributed by atoms with Crippen LogP contribution in [0.2, 0.25) is 0 Å². The van der Waals surface area contributed by atoms with Crippen LogP contribution in [0.15, 0.2) is 0 Å². The molecule has 0 aliphatic rings. The van der Waals surface area contributed by atoms with Gasteiger partial charge in [-0.05, 0) is 18.8 Å². The molecule has 0 rings (SSSR count). The van der Waals surface area contributed by atoms with E-state index in [2.05, 4.69) is 10.6 Å². The zero-order chi connectivity index (χ0) is 14.0. The van der Waals surface area contributed by atoms with E-state index in [-0.39, 0.29) is 30.6 Å². The van der Waals surface area contributed by atoms with E-state index in [1.807, 2.05) is 6.92 Å². The van der Waals surface area contributed by atoms with Crippen LogP contribution in [0.5, 0.6) is 0 Å². The van der Waals surface area contributed by atoms with E-state index in [9.17, 15) is 14.4 Å². The van der Waals surface area contributed by atoms with Gasteiger partial charge in [0, 0.05) is 32.9 Å². The fraction of sp³-hybridized carbons (Fsp3) is 0.750. The van der Waals surface area contributed by atoms with Gasteiger partial charge in [0.2, 0.25) is 11.8 Å². The van der Waals surface area contributed by atoms with Gasteiger partial charge in [-0.3, -0.25) is 14.4 Å². The van der Waals surface area contributed by atoms with Crippen molar-refractivity contribution in [3.63, 3.8) is 0 Å². The van der Waals surface area contributed by atoms with Crippen LogP contribution < -0.4 is 10.6 Å². The highest BCUT2D eigenvalue weighted by molar-refractivity contribution is 5.77. The summed E-state index contributed by atoms with van der Waals surface area (Å²) < 4.78 is 0. The van der Waals surface area contributed by atoms with E-state index in [0.29, 0.717) is 19.5 Å². The number of rotatable bonds is 9. The molecule has 0 fully saturated rings. The third-order valence-electron chi connectivity index (χ3n) is 2.54. The van der Waals surface area contributed by atoms with Gasteiger partial charge in [0.25, 0.3) is 0 Å². The Balaban J connectivity index is 3.49. The van der Waals surface area contributed by atoms with Crippen molar-refractivity contribution in [2.24, 2.45) is 5.92 Å². The molecule has 0 spiro atoms. The summed E-state index contributed by atoms with van der Waals surface area (Å²) in [6, 6.07) is 0. The molecule has 0 aromatic rings. The van der Waals surface area contributed by atoms with Crippen molar-refractivity contribution < 1.29 is 19.5 Å². The van der Waals surface area contributed by atoms with Gasteiger partial charge < -0.3 is 15.7 Å². The number of carbonyl (C=O) groups excluding carboxylic acids is 2. The standard InChI is InChI=1S/C12H22N2O4/c1-9(3-4-12(17)18)5-7-14-11(16)6-8-13-10(2)15/h9H,3-8H2,1-2H3,(H,13,15)(H,14,16)(H,17,18). The molecule has 3 N–H and O–H groups in total. The molecule has 6 heteroatoms. The Morgan fingerprint density at radius 1 is 1.06 bits per heavy atom. The van der Waals surface area contributed by atoms with Crippen LogP contribution >= 0.6 is 0 Å². The Kier molecular flexibility index (Phi) is 8.61. The van der Waals surface area contributed by atoms with Crippen molar-refractivity contribution in [2.75, 3.05) is 13.1 Å². The lowest BCUT2D eigenvalue weighted by molar-refractivity contribution is -0.137. The molecule has 1 atom stereocenters. The molecule has 18 heavy (non-hydrogen) atoms. The number of aliphatic carboxylic acids is 1. The third kappa shape index (κ3) is 10.9. The molecule has 0 radical (unpaired) electrons. The summed E-state index contributed by atoms with van der Waals surface area (Å²) >= 11 is 0. The molecular weight excluding hydrogens is 236 g/mol. The van der Waals surface area contributed by atoms with Gasteiger partial charge in [0.15, 0.2) is 0 Å². The quantitative estimate of drug-likeness (QED) is 0.562. The summed E-state index contributed by atoms with van der Waals surface area (Å²) in [5.41, 5.74) is 0. The Hall–Kier alpha value is -1.59. The monoisotopic (exact) mass is 258 g/mol. The van der Waals surface area contributed by atoms with Gasteiger partial charge >= 0.3 is 5.97 Å². The van der Waals surface area contributed by atoms with E-state index in [1.165, 1.54) is 6.92 Å². The second-order valence-electron chi connectivity index (χ2n) is 4.41. The lowest BCUT2D eigenvalue weighted by Gasteiger charge is -2.10. The molecule has 0 aliphatic carbocycles. The van der Waals surface area contributed by atoms with Gasteiger partial charge in [0.1, 0.15) is 0 Å². The van der Waals surface area contributed by atoms with E-state index >= 15 is 0 Å². The zero-order valence-corrected chi connectivity index (χ0v) is 11.0. The van der Waals surface area contributed by atoms with E-state index in [0.717, 1.165) is 6.42 Å². The molecule has 0 aromatic heterocycles. The average molecular weight is 258 g/mol. The second-order valence-corrected chi connectivity index (χ2v) is 4.41. The summed E-state index contributed by atoms with van der Waals surface area (Å²) in [6.45, 7) is 4.25. The molecule has 2 amide bonds. The van der Waals surface area contributed by atoms with Gasteiger partial charge in [-0.15, -0.1) is 0 Å². The van der Waals surface area contributed by atoms with E-state index in [4.69, 9.17) is 5.11 Å². The normalized spacial score (nSPS) is 11.7. The molecule has 0 aromatic carbocycles. The van der Waals surface area contributed by atoms with Crippen LogP contribution in [0.4, 0.5) is 0 Å². The third-order valence-corrected chi connectivity index (χ3v) is 2.54. The predicted octanol–water partition coefficient (Wildman–Crippen LogP) is 0.520. The minimum atomic E-state index is -0.791. The highest BCUT2D eigenvalue weighted by atomic mass is 16.4. The average Bonchev–Trinajstić information content (AvgIpc) is 2.25. The van der Waals surface area contributed by atoms with Crippen LogP contribution in [0.1, 0.15) is 39.5 Å². The molecule has 0 heterocycles. The summed E-state index contributed by atoms with van der Waals surface area (Å²) in [4.78, 5) is 32.2. The molecule has 1 unspecified atom stereocenters. The van der Waals surface area contributed by atoms with E-state index < -0.39 is 5.97 Å². The fourth-order valence-corrected chi connectivity index (χ4v) is 1.41. The van der Waals surface area contributed by atoms with Crippen molar-refractivity contribution in [1.82, 2.24) is 10.6 Å². The van der Waals surface area contributed by atoms with Gasteiger partial charge in [0.05, 0.1) is 0 Å². The molecule has 0 saturated heterocycles. The number of carbonyl (C=O) groups is 3. The number of carboxylic acid groups (broad SMARTS) is 1. The molecule has 0 aliphatic heterocycles. The van der Waals surface area contributed by atoms with Crippen molar-refractivity contribution in [1.29, 1.82) is 0 Å². The maximum atomic E-state index is 11.3. The molecule has 104 valence electrons. The molecular formula is C12H22N2O4. The van der Waals surface area contributed by atoms with Crippen LogP contribution in [-0.2, 0) is 14.4 Å². The number of hydrogen-bond acceptors (Lipinski definition) is 3. The lowest BCUT2D eigenvalue weighted by Crippen LogP contribution is -2.30. The SMILES string of the molecule is CC(=O)NCCC(=O)NCCC(C)CCC(=O)O. The Bertz CT molecular complexity index is 292. The largest absolute Gasteiger partial charge is 0.481 e. The van der Waals surface area contributed by atoms with Crippen molar-refractivity contribution in [3.8, 4) is 0 Å². The second kappa shape index (κ2) is 9.44. The minimum Gasteiger partial charge on any atom is -0.481 e. The number of carboxylic acids is 1. The number of hydrogen-bond donors (Lipinski definition) is 3. The first-order valence-corrected chi connectivity index (χ1v) is 6.14. The predicted molar refractivity (Wildman–Crippen MR) is 67.0 cm³/mol. The first kappa shape index (κ1) is 16.4. The van der Waals surface area contributed by atoms with Crippen LogP contribution in [0.3, 0.4) is 0 Å². The first-order chi connectivity index (χ1) is 8.41. The summed E-state index contributed by atoms with van der Waals surface area (Å²) in [6.07, 6.45) is 1.82. The topological polar surface area (TPSA) is 95.5 Å². The summed E-state index contributed by atoms with van der Waals surface area (Å²) in [5.74, 6) is -0.766. The first-order valence-electron chi connectivity index (χ1n) is 6.14. The number of amides is 2.